The molecule has 4 rings (SSSR count). The van der Waals surface area contributed by atoms with Crippen LogP contribution in [-0.4, -0.2) is 51.0 Å². The summed E-state index contributed by atoms with van der Waals surface area (Å²) in [7, 11) is 0. The number of carbonyl (C=O) groups excluding carboxylic acids is 1. The van der Waals surface area contributed by atoms with Gasteiger partial charge in [0, 0.05) is 30.5 Å². The van der Waals surface area contributed by atoms with Gasteiger partial charge in [-0.2, -0.15) is 0 Å². The second kappa shape index (κ2) is 7.34. The molecule has 0 radical (unpaired) electrons. The number of anilines is 2. The van der Waals surface area contributed by atoms with Crippen LogP contribution in [0.1, 0.15) is 38.2 Å². The van der Waals surface area contributed by atoms with Gasteiger partial charge < -0.3 is 19.3 Å². The molecule has 0 spiro atoms. The molecule has 0 saturated carbocycles. The summed E-state index contributed by atoms with van der Waals surface area (Å²) in [5, 5.41) is 0. The SMILES string of the molecule is CC1CCCCN1c1ccc2c(c1)CCCN2C(=O)C1COCCO1. The van der Waals surface area contributed by atoms with Gasteiger partial charge in [0.1, 0.15) is 0 Å². The average molecular weight is 344 g/mol. The van der Waals surface area contributed by atoms with Crippen LogP contribution >= 0.6 is 0 Å². The fourth-order valence-corrected chi connectivity index (χ4v) is 4.28. The van der Waals surface area contributed by atoms with E-state index in [4.69, 9.17) is 9.47 Å². The van der Waals surface area contributed by atoms with Crippen molar-refractivity contribution in [2.24, 2.45) is 0 Å². The highest BCUT2D eigenvalue weighted by molar-refractivity contribution is 5.98. The van der Waals surface area contributed by atoms with Crippen LogP contribution in [0.5, 0.6) is 0 Å². The normalized spacial score (nSPS) is 27.1. The number of aryl methyl sites for hydroxylation is 1. The highest BCUT2D eigenvalue weighted by Crippen LogP contribution is 2.33. The van der Waals surface area contributed by atoms with Crippen molar-refractivity contribution in [2.75, 3.05) is 42.7 Å². The minimum Gasteiger partial charge on any atom is -0.376 e. The summed E-state index contributed by atoms with van der Waals surface area (Å²) in [6.45, 7) is 5.67. The predicted molar refractivity (Wildman–Crippen MR) is 98.3 cm³/mol. The van der Waals surface area contributed by atoms with E-state index in [1.807, 2.05) is 4.90 Å². The van der Waals surface area contributed by atoms with Crippen LogP contribution in [-0.2, 0) is 20.7 Å². The molecule has 3 heterocycles. The number of nitrogens with zero attached hydrogens (tertiary/aromatic N) is 2. The van der Waals surface area contributed by atoms with Gasteiger partial charge in [0.2, 0.25) is 0 Å². The maximum atomic E-state index is 12.9. The smallest absolute Gasteiger partial charge is 0.258 e. The van der Waals surface area contributed by atoms with E-state index < -0.39 is 6.10 Å². The monoisotopic (exact) mass is 344 g/mol. The van der Waals surface area contributed by atoms with Crippen LogP contribution < -0.4 is 9.80 Å². The van der Waals surface area contributed by atoms with Gasteiger partial charge in [0.15, 0.2) is 6.10 Å². The number of hydrogen-bond acceptors (Lipinski definition) is 4. The van der Waals surface area contributed by atoms with Crippen molar-refractivity contribution in [1.29, 1.82) is 0 Å². The number of benzene rings is 1. The fourth-order valence-electron chi connectivity index (χ4n) is 4.28. The van der Waals surface area contributed by atoms with E-state index in [2.05, 4.69) is 30.0 Å². The molecule has 3 aliphatic heterocycles. The van der Waals surface area contributed by atoms with Crippen molar-refractivity contribution >= 4 is 17.3 Å². The summed E-state index contributed by atoms with van der Waals surface area (Å²) in [4.78, 5) is 17.3. The van der Waals surface area contributed by atoms with E-state index in [1.54, 1.807) is 0 Å². The minimum atomic E-state index is -0.457. The van der Waals surface area contributed by atoms with Gasteiger partial charge in [0.05, 0.1) is 19.8 Å². The third-order valence-electron chi connectivity index (χ3n) is 5.67. The fraction of sp³-hybridized carbons (Fsp3) is 0.650. The third kappa shape index (κ3) is 3.40. The first kappa shape index (κ1) is 16.9. The van der Waals surface area contributed by atoms with E-state index in [1.165, 1.54) is 30.5 Å². The van der Waals surface area contributed by atoms with Crippen LogP contribution in [0, 0.1) is 0 Å². The Labute approximate surface area is 149 Å². The Morgan fingerprint density at radius 3 is 2.88 bits per heavy atom. The first-order chi connectivity index (χ1) is 12.2. The quantitative estimate of drug-likeness (QED) is 0.827. The molecule has 2 fully saturated rings. The first-order valence-corrected chi connectivity index (χ1v) is 9.64. The van der Waals surface area contributed by atoms with Gasteiger partial charge in [0.25, 0.3) is 5.91 Å². The van der Waals surface area contributed by atoms with Gasteiger partial charge in [-0.15, -0.1) is 0 Å². The van der Waals surface area contributed by atoms with Gasteiger partial charge >= 0.3 is 0 Å². The average Bonchev–Trinajstić information content (AvgIpc) is 2.67. The molecular weight excluding hydrogens is 316 g/mol. The molecule has 0 aromatic heterocycles. The molecule has 136 valence electrons. The van der Waals surface area contributed by atoms with Gasteiger partial charge in [-0.25, -0.2) is 0 Å². The molecule has 1 aromatic carbocycles. The molecule has 2 saturated heterocycles. The van der Waals surface area contributed by atoms with Gasteiger partial charge in [-0.1, -0.05) is 0 Å². The number of piperidine rings is 1. The largest absolute Gasteiger partial charge is 0.376 e. The van der Waals surface area contributed by atoms with Crippen molar-refractivity contribution in [3.63, 3.8) is 0 Å². The molecule has 25 heavy (non-hydrogen) atoms. The second-order valence-corrected chi connectivity index (χ2v) is 7.38. The molecule has 3 aliphatic rings. The molecule has 1 aromatic rings. The maximum Gasteiger partial charge on any atom is 0.258 e. The molecule has 5 nitrogen and oxygen atoms in total. The zero-order valence-electron chi connectivity index (χ0n) is 15.1. The Bertz CT molecular complexity index is 627. The Kier molecular flexibility index (Phi) is 4.95. The van der Waals surface area contributed by atoms with Crippen LogP contribution in [0.25, 0.3) is 0 Å². The molecule has 0 bridgehead atoms. The lowest BCUT2D eigenvalue weighted by Gasteiger charge is -2.37. The van der Waals surface area contributed by atoms with Crippen molar-refractivity contribution in [3.8, 4) is 0 Å². The van der Waals surface area contributed by atoms with E-state index >= 15 is 0 Å². The number of fused-ring (bicyclic) bond motifs is 1. The lowest BCUT2D eigenvalue weighted by molar-refractivity contribution is -0.144. The summed E-state index contributed by atoms with van der Waals surface area (Å²) < 4.78 is 11.0. The molecule has 2 unspecified atom stereocenters. The first-order valence-electron chi connectivity index (χ1n) is 9.64. The molecule has 2 atom stereocenters. The van der Waals surface area contributed by atoms with E-state index in [0.29, 0.717) is 25.9 Å². The van der Waals surface area contributed by atoms with Crippen LogP contribution in [0.15, 0.2) is 18.2 Å². The lowest BCUT2D eigenvalue weighted by Crippen LogP contribution is -2.47. The minimum absolute atomic E-state index is 0.0414. The second-order valence-electron chi connectivity index (χ2n) is 7.38. The Morgan fingerprint density at radius 1 is 1.16 bits per heavy atom. The number of ether oxygens (including phenoxy) is 2. The summed E-state index contributed by atoms with van der Waals surface area (Å²) in [5.74, 6) is 0.0414. The van der Waals surface area contributed by atoms with Crippen molar-refractivity contribution in [1.82, 2.24) is 0 Å². The predicted octanol–water partition coefficient (Wildman–Crippen LogP) is 2.76. The van der Waals surface area contributed by atoms with E-state index in [9.17, 15) is 4.79 Å². The Hall–Kier alpha value is -1.59. The van der Waals surface area contributed by atoms with E-state index in [-0.39, 0.29) is 5.91 Å². The Balaban J connectivity index is 1.56. The molecule has 0 aliphatic carbocycles. The van der Waals surface area contributed by atoms with Crippen LogP contribution in [0.3, 0.4) is 0 Å². The highest BCUT2D eigenvalue weighted by atomic mass is 16.6. The van der Waals surface area contributed by atoms with Gasteiger partial charge in [-0.3, -0.25) is 4.79 Å². The Morgan fingerprint density at radius 2 is 2.08 bits per heavy atom. The zero-order chi connectivity index (χ0) is 17.2. The number of rotatable bonds is 2. The standard InChI is InChI=1S/C20H28N2O3/c1-15-5-2-3-9-21(15)17-7-8-18-16(13-17)6-4-10-22(18)20(23)19-14-24-11-12-25-19/h7-8,13,15,19H,2-6,9-12,14H2,1H3. The maximum absolute atomic E-state index is 12.9. The number of carbonyl (C=O) groups is 1. The van der Waals surface area contributed by atoms with Gasteiger partial charge in [-0.05, 0) is 62.8 Å². The van der Waals surface area contributed by atoms with Crippen molar-refractivity contribution in [3.05, 3.63) is 23.8 Å². The van der Waals surface area contributed by atoms with E-state index in [0.717, 1.165) is 31.6 Å². The lowest BCUT2D eigenvalue weighted by atomic mass is 9.98. The highest BCUT2D eigenvalue weighted by Gasteiger charge is 2.31. The molecule has 5 heteroatoms. The van der Waals surface area contributed by atoms with Crippen LogP contribution in [0.2, 0.25) is 0 Å². The van der Waals surface area contributed by atoms with Crippen LogP contribution in [0.4, 0.5) is 11.4 Å². The van der Waals surface area contributed by atoms with Crippen molar-refractivity contribution in [2.45, 2.75) is 51.2 Å². The van der Waals surface area contributed by atoms with Crippen molar-refractivity contribution < 1.29 is 14.3 Å². The number of amides is 1. The molecular formula is C20H28N2O3. The number of hydrogen-bond donors (Lipinski definition) is 0. The zero-order valence-corrected chi connectivity index (χ0v) is 15.1. The molecule has 0 N–H and O–H groups in total. The summed E-state index contributed by atoms with van der Waals surface area (Å²) in [6, 6.07) is 7.22. The summed E-state index contributed by atoms with van der Waals surface area (Å²) >= 11 is 0. The third-order valence-corrected chi connectivity index (χ3v) is 5.67. The summed E-state index contributed by atoms with van der Waals surface area (Å²) in [6.07, 6.45) is 5.45. The molecule has 1 amide bonds. The topological polar surface area (TPSA) is 42.0 Å². The summed E-state index contributed by atoms with van der Waals surface area (Å²) in [5.41, 5.74) is 3.64.